The Labute approximate surface area is 115 Å². The molecular formula is C14H25N3S. The Kier molecular flexibility index (Phi) is 5.66. The highest BCUT2D eigenvalue weighted by atomic mass is 32.1. The fourth-order valence-electron chi connectivity index (χ4n) is 1.61. The summed E-state index contributed by atoms with van der Waals surface area (Å²) >= 11 is 1.80. The van der Waals surface area contributed by atoms with Crippen LogP contribution in [0, 0.1) is 0 Å². The zero-order valence-electron chi connectivity index (χ0n) is 12.1. The van der Waals surface area contributed by atoms with Crippen LogP contribution in [0.15, 0.2) is 22.5 Å². The first kappa shape index (κ1) is 15.0. The Bertz CT molecular complexity index is 366. The average Bonchev–Trinajstić information content (AvgIpc) is 2.79. The molecule has 0 spiro atoms. The van der Waals surface area contributed by atoms with Gasteiger partial charge in [-0.05, 0) is 32.2 Å². The Balaban J connectivity index is 2.69. The van der Waals surface area contributed by atoms with Crippen LogP contribution in [0.25, 0.3) is 0 Å². The van der Waals surface area contributed by atoms with E-state index in [9.17, 15) is 0 Å². The molecule has 0 bridgehead atoms. The standard InChI is InChI=1S/C14H25N3S/c1-6-15-13(17-11(2)3)16-10-14(4,5)12-8-7-9-18-12/h7-9,11H,6,10H2,1-5H3,(H2,15,16,17). The molecule has 0 amide bonds. The monoisotopic (exact) mass is 267 g/mol. The van der Waals surface area contributed by atoms with E-state index in [2.05, 4.69) is 67.8 Å². The van der Waals surface area contributed by atoms with E-state index in [1.54, 1.807) is 11.3 Å². The van der Waals surface area contributed by atoms with Gasteiger partial charge in [0.2, 0.25) is 0 Å². The molecule has 1 heterocycles. The molecular weight excluding hydrogens is 242 g/mol. The zero-order valence-corrected chi connectivity index (χ0v) is 12.9. The highest BCUT2D eigenvalue weighted by Gasteiger charge is 2.21. The van der Waals surface area contributed by atoms with Crippen LogP contribution in [0.2, 0.25) is 0 Å². The number of guanidine groups is 1. The molecule has 1 rings (SSSR count). The number of rotatable bonds is 5. The van der Waals surface area contributed by atoms with E-state index in [0.29, 0.717) is 6.04 Å². The lowest BCUT2D eigenvalue weighted by Gasteiger charge is -2.22. The van der Waals surface area contributed by atoms with Gasteiger partial charge in [0.1, 0.15) is 0 Å². The van der Waals surface area contributed by atoms with Gasteiger partial charge in [0.25, 0.3) is 0 Å². The van der Waals surface area contributed by atoms with E-state index < -0.39 is 0 Å². The molecule has 4 heteroatoms. The average molecular weight is 267 g/mol. The minimum absolute atomic E-state index is 0.0908. The molecule has 0 aliphatic heterocycles. The van der Waals surface area contributed by atoms with Gasteiger partial charge >= 0.3 is 0 Å². The molecule has 1 aromatic heterocycles. The molecule has 0 atom stereocenters. The van der Waals surface area contributed by atoms with Crippen molar-refractivity contribution in [2.24, 2.45) is 4.99 Å². The number of nitrogens with one attached hydrogen (secondary N) is 2. The highest BCUT2D eigenvalue weighted by molar-refractivity contribution is 7.10. The van der Waals surface area contributed by atoms with Gasteiger partial charge in [-0.1, -0.05) is 19.9 Å². The highest BCUT2D eigenvalue weighted by Crippen LogP contribution is 2.27. The summed E-state index contributed by atoms with van der Waals surface area (Å²) in [6.45, 7) is 12.5. The van der Waals surface area contributed by atoms with Gasteiger partial charge in [-0.15, -0.1) is 11.3 Å². The van der Waals surface area contributed by atoms with Gasteiger partial charge in [-0.25, -0.2) is 0 Å². The molecule has 102 valence electrons. The molecule has 0 fully saturated rings. The molecule has 18 heavy (non-hydrogen) atoms. The molecule has 1 aromatic rings. The van der Waals surface area contributed by atoms with Crippen LogP contribution in [0.1, 0.15) is 39.5 Å². The fourth-order valence-corrected chi connectivity index (χ4v) is 2.46. The Morgan fingerprint density at radius 2 is 2.17 bits per heavy atom. The quantitative estimate of drug-likeness (QED) is 0.635. The zero-order chi connectivity index (χ0) is 13.6. The summed E-state index contributed by atoms with van der Waals surface area (Å²) in [6.07, 6.45) is 0. The number of thiophene rings is 1. The summed E-state index contributed by atoms with van der Waals surface area (Å²) < 4.78 is 0. The van der Waals surface area contributed by atoms with E-state index in [0.717, 1.165) is 19.0 Å². The SMILES string of the molecule is CCNC(=NCC(C)(C)c1cccs1)NC(C)C. The van der Waals surface area contributed by atoms with Crippen LogP contribution >= 0.6 is 11.3 Å². The lowest BCUT2D eigenvalue weighted by Crippen LogP contribution is -2.41. The number of aliphatic imine (C=N–C) groups is 1. The molecule has 0 unspecified atom stereocenters. The van der Waals surface area contributed by atoms with Crippen LogP contribution in [-0.4, -0.2) is 25.1 Å². The van der Waals surface area contributed by atoms with Crippen molar-refractivity contribution in [3.63, 3.8) is 0 Å². The summed E-state index contributed by atoms with van der Waals surface area (Å²) in [5.74, 6) is 0.900. The van der Waals surface area contributed by atoms with E-state index in [-0.39, 0.29) is 5.41 Å². The number of nitrogens with zero attached hydrogens (tertiary/aromatic N) is 1. The van der Waals surface area contributed by atoms with Gasteiger partial charge in [0.15, 0.2) is 5.96 Å². The van der Waals surface area contributed by atoms with Crippen molar-refractivity contribution < 1.29 is 0 Å². The Hall–Kier alpha value is -1.03. The normalized spacial score (nSPS) is 12.9. The predicted octanol–water partition coefficient (Wildman–Crippen LogP) is 2.99. The summed E-state index contributed by atoms with van der Waals surface area (Å²) in [4.78, 5) is 6.06. The van der Waals surface area contributed by atoms with Crippen LogP contribution < -0.4 is 10.6 Å². The molecule has 0 saturated heterocycles. The second-order valence-corrected chi connectivity index (χ2v) is 6.30. The first-order chi connectivity index (χ1) is 8.45. The van der Waals surface area contributed by atoms with Crippen LogP contribution in [0.4, 0.5) is 0 Å². The van der Waals surface area contributed by atoms with Gasteiger partial charge in [-0.2, -0.15) is 0 Å². The second-order valence-electron chi connectivity index (χ2n) is 5.36. The van der Waals surface area contributed by atoms with E-state index >= 15 is 0 Å². The third kappa shape index (κ3) is 4.69. The molecule has 0 aromatic carbocycles. The molecule has 0 saturated carbocycles. The fraction of sp³-hybridized carbons (Fsp3) is 0.643. The summed E-state index contributed by atoms with van der Waals surface area (Å²) in [7, 11) is 0. The topological polar surface area (TPSA) is 36.4 Å². The van der Waals surface area contributed by atoms with Crippen LogP contribution in [-0.2, 0) is 5.41 Å². The van der Waals surface area contributed by atoms with Crippen LogP contribution in [0.5, 0.6) is 0 Å². The minimum Gasteiger partial charge on any atom is -0.357 e. The van der Waals surface area contributed by atoms with Gasteiger partial charge in [0, 0.05) is 22.9 Å². The maximum absolute atomic E-state index is 4.68. The summed E-state index contributed by atoms with van der Waals surface area (Å²) in [5.41, 5.74) is 0.0908. The van der Waals surface area contributed by atoms with Crippen molar-refractivity contribution in [1.29, 1.82) is 0 Å². The second kappa shape index (κ2) is 6.78. The Morgan fingerprint density at radius 1 is 1.44 bits per heavy atom. The van der Waals surface area contributed by atoms with Crippen molar-refractivity contribution in [2.45, 2.75) is 46.1 Å². The van der Waals surface area contributed by atoms with Crippen molar-refractivity contribution in [1.82, 2.24) is 10.6 Å². The lowest BCUT2D eigenvalue weighted by atomic mass is 9.92. The van der Waals surface area contributed by atoms with E-state index in [1.165, 1.54) is 4.88 Å². The first-order valence-corrected chi connectivity index (χ1v) is 7.42. The van der Waals surface area contributed by atoms with Crippen LogP contribution in [0.3, 0.4) is 0 Å². The molecule has 2 N–H and O–H groups in total. The maximum atomic E-state index is 4.68. The molecule has 0 aliphatic rings. The van der Waals surface area contributed by atoms with Crippen molar-refractivity contribution >= 4 is 17.3 Å². The van der Waals surface area contributed by atoms with Crippen molar-refractivity contribution in [2.75, 3.05) is 13.1 Å². The first-order valence-electron chi connectivity index (χ1n) is 6.54. The van der Waals surface area contributed by atoms with Gasteiger partial charge in [-0.3, -0.25) is 4.99 Å². The Morgan fingerprint density at radius 3 is 2.67 bits per heavy atom. The molecule has 0 aliphatic carbocycles. The van der Waals surface area contributed by atoms with E-state index in [1.807, 2.05) is 0 Å². The summed E-state index contributed by atoms with van der Waals surface area (Å²) in [6, 6.07) is 4.68. The minimum atomic E-state index is 0.0908. The van der Waals surface area contributed by atoms with Gasteiger partial charge < -0.3 is 10.6 Å². The predicted molar refractivity (Wildman–Crippen MR) is 81.6 cm³/mol. The van der Waals surface area contributed by atoms with Gasteiger partial charge in [0.05, 0.1) is 6.54 Å². The van der Waals surface area contributed by atoms with Crippen molar-refractivity contribution in [3.05, 3.63) is 22.4 Å². The molecule has 3 nitrogen and oxygen atoms in total. The number of hydrogen-bond donors (Lipinski definition) is 2. The molecule has 0 radical (unpaired) electrons. The largest absolute Gasteiger partial charge is 0.357 e. The van der Waals surface area contributed by atoms with Crippen molar-refractivity contribution in [3.8, 4) is 0 Å². The third-order valence-corrected chi connectivity index (χ3v) is 3.83. The number of hydrogen-bond acceptors (Lipinski definition) is 2. The lowest BCUT2D eigenvalue weighted by molar-refractivity contribution is 0.547. The smallest absolute Gasteiger partial charge is 0.191 e. The van der Waals surface area contributed by atoms with E-state index in [4.69, 9.17) is 0 Å². The summed E-state index contributed by atoms with van der Waals surface area (Å²) in [5, 5.41) is 8.74. The maximum Gasteiger partial charge on any atom is 0.191 e. The third-order valence-electron chi connectivity index (χ3n) is 2.59.